The zero-order valence-corrected chi connectivity index (χ0v) is 11.2. The molecule has 2 heterocycles. The summed E-state index contributed by atoms with van der Waals surface area (Å²) in [6.45, 7) is 1.83. The van der Waals surface area contributed by atoms with Crippen LogP contribution in [0.5, 0.6) is 0 Å². The molecule has 0 N–H and O–H groups in total. The lowest BCUT2D eigenvalue weighted by Crippen LogP contribution is -1.94. The molecule has 0 radical (unpaired) electrons. The second kappa shape index (κ2) is 5.13. The molecular formula is C15H10FN5. The van der Waals surface area contributed by atoms with Crippen molar-refractivity contribution in [3.05, 3.63) is 59.8 Å². The minimum absolute atomic E-state index is 0.315. The fourth-order valence-corrected chi connectivity index (χ4v) is 1.93. The summed E-state index contributed by atoms with van der Waals surface area (Å²) in [4.78, 5) is 3.68. The minimum atomic E-state index is -0.576. The van der Waals surface area contributed by atoms with Crippen LogP contribution in [0.2, 0.25) is 0 Å². The molecule has 0 amide bonds. The van der Waals surface area contributed by atoms with Crippen molar-refractivity contribution in [2.24, 2.45) is 0 Å². The fraction of sp³-hybridized carbons (Fsp3) is 0.0667. The number of nitriles is 1. The Morgan fingerprint density at radius 1 is 1.24 bits per heavy atom. The summed E-state index contributed by atoms with van der Waals surface area (Å²) in [5.74, 6) is -0.576. The Hall–Kier alpha value is -3.07. The van der Waals surface area contributed by atoms with E-state index in [0.717, 1.165) is 11.3 Å². The maximum atomic E-state index is 13.7. The van der Waals surface area contributed by atoms with Crippen molar-refractivity contribution in [1.82, 2.24) is 20.0 Å². The molecule has 0 aliphatic rings. The predicted octanol–water partition coefficient (Wildman–Crippen LogP) is 2.65. The molecule has 6 heteroatoms. The van der Waals surface area contributed by atoms with E-state index in [2.05, 4.69) is 15.3 Å². The Labute approximate surface area is 120 Å². The molecule has 0 bridgehead atoms. The average molecular weight is 279 g/mol. The highest BCUT2D eigenvalue weighted by Crippen LogP contribution is 2.21. The summed E-state index contributed by atoms with van der Waals surface area (Å²) in [6, 6.07) is 10.6. The summed E-state index contributed by atoms with van der Waals surface area (Å²) < 4.78 is 15.3. The highest BCUT2D eigenvalue weighted by molar-refractivity contribution is 5.58. The maximum absolute atomic E-state index is 13.7. The molecule has 0 aliphatic carbocycles. The number of hydrogen-bond donors (Lipinski definition) is 0. The summed E-state index contributed by atoms with van der Waals surface area (Å²) in [5, 5.41) is 16.7. The highest BCUT2D eigenvalue weighted by atomic mass is 19.1. The van der Waals surface area contributed by atoms with Gasteiger partial charge in [-0.15, -0.1) is 5.10 Å². The smallest absolute Gasteiger partial charge is 0.222 e. The van der Waals surface area contributed by atoms with Crippen molar-refractivity contribution < 1.29 is 4.39 Å². The molecule has 0 unspecified atom stereocenters. The third-order valence-corrected chi connectivity index (χ3v) is 3.01. The predicted molar refractivity (Wildman–Crippen MR) is 74.0 cm³/mol. The summed E-state index contributed by atoms with van der Waals surface area (Å²) in [5.41, 5.74) is 2.88. The van der Waals surface area contributed by atoms with E-state index in [0.29, 0.717) is 16.8 Å². The number of rotatable bonds is 2. The third kappa shape index (κ3) is 2.49. The Balaban J connectivity index is 1.99. The average Bonchev–Trinajstić information content (AvgIpc) is 2.99. The van der Waals surface area contributed by atoms with Gasteiger partial charge in [0.05, 0.1) is 29.1 Å². The molecule has 0 aliphatic heterocycles. The second-order valence-electron chi connectivity index (χ2n) is 4.56. The quantitative estimate of drug-likeness (QED) is 0.676. The zero-order valence-electron chi connectivity index (χ0n) is 11.2. The minimum Gasteiger partial charge on any atom is -0.227 e. The lowest BCUT2D eigenvalue weighted by molar-refractivity contribution is 0.586. The largest absolute Gasteiger partial charge is 0.227 e. The summed E-state index contributed by atoms with van der Waals surface area (Å²) in [6.07, 6.45) is 3.09. The first-order valence-corrected chi connectivity index (χ1v) is 6.23. The van der Waals surface area contributed by atoms with Gasteiger partial charge in [-0.2, -0.15) is 9.65 Å². The van der Waals surface area contributed by atoms with Crippen LogP contribution in [0.15, 0.2) is 42.7 Å². The van der Waals surface area contributed by atoms with Crippen LogP contribution in [0, 0.1) is 24.2 Å². The number of halogens is 1. The van der Waals surface area contributed by atoms with Crippen LogP contribution >= 0.6 is 0 Å². The standard InChI is InChI=1S/C15H10FN5/c1-10-6-13(15(16)18-8-10)14-9-21(20-19-14)12-4-2-11(7-17)3-5-12/h2-6,8-9H,1H3. The van der Waals surface area contributed by atoms with E-state index in [-0.39, 0.29) is 0 Å². The molecule has 3 rings (SSSR count). The van der Waals surface area contributed by atoms with Crippen LogP contribution in [0.1, 0.15) is 11.1 Å². The molecule has 5 nitrogen and oxygen atoms in total. The van der Waals surface area contributed by atoms with Gasteiger partial charge in [-0.05, 0) is 42.8 Å². The highest BCUT2D eigenvalue weighted by Gasteiger charge is 2.11. The molecule has 0 fully saturated rings. The van der Waals surface area contributed by atoms with Crippen LogP contribution in [0.4, 0.5) is 4.39 Å². The van der Waals surface area contributed by atoms with Crippen LogP contribution in [0.25, 0.3) is 16.9 Å². The Bertz CT molecular complexity index is 830. The lowest BCUT2D eigenvalue weighted by atomic mass is 10.2. The Kier molecular flexibility index (Phi) is 3.16. The van der Waals surface area contributed by atoms with E-state index in [1.165, 1.54) is 10.9 Å². The SMILES string of the molecule is Cc1cnc(F)c(-c2cn(-c3ccc(C#N)cc3)nn2)c1. The molecule has 21 heavy (non-hydrogen) atoms. The van der Waals surface area contributed by atoms with Gasteiger partial charge in [0, 0.05) is 6.20 Å². The molecule has 0 saturated carbocycles. The van der Waals surface area contributed by atoms with Gasteiger partial charge in [-0.3, -0.25) is 0 Å². The molecule has 102 valence electrons. The van der Waals surface area contributed by atoms with Crippen LogP contribution < -0.4 is 0 Å². The van der Waals surface area contributed by atoms with E-state index < -0.39 is 5.95 Å². The number of pyridine rings is 1. The van der Waals surface area contributed by atoms with E-state index in [1.54, 1.807) is 36.5 Å². The van der Waals surface area contributed by atoms with Gasteiger partial charge in [-0.1, -0.05) is 5.21 Å². The van der Waals surface area contributed by atoms with Gasteiger partial charge in [0.1, 0.15) is 5.69 Å². The summed E-state index contributed by atoms with van der Waals surface area (Å²) >= 11 is 0. The number of benzene rings is 1. The number of nitrogens with zero attached hydrogens (tertiary/aromatic N) is 5. The monoisotopic (exact) mass is 279 g/mol. The van der Waals surface area contributed by atoms with Crippen molar-refractivity contribution in [3.63, 3.8) is 0 Å². The Morgan fingerprint density at radius 3 is 2.71 bits per heavy atom. The van der Waals surface area contributed by atoms with Crippen LogP contribution in [-0.2, 0) is 0 Å². The second-order valence-corrected chi connectivity index (χ2v) is 4.56. The third-order valence-electron chi connectivity index (χ3n) is 3.01. The van der Waals surface area contributed by atoms with Crippen molar-refractivity contribution >= 4 is 0 Å². The van der Waals surface area contributed by atoms with E-state index in [4.69, 9.17) is 5.26 Å². The molecule has 1 aromatic carbocycles. The topological polar surface area (TPSA) is 67.4 Å². The van der Waals surface area contributed by atoms with Crippen LogP contribution in [0.3, 0.4) is 0 Å². The molecule has 0 spiro atoms. The molecule has 0 saturated heterocycles. The lowest BCUT2D eigenvalue weighted by Gasteiger charge is -2.00. The van der Waals surface area contributed by atoms with Crippen molar-refractivity contribution in [1.29, 1.82) is 5.26 Å². The number of aryl methyl sites for hydroxylation is 1. The normalized spacial score (nSPS) is 10.3. The molecular weight excluding hydrogens is 269 g/mol. The van der Waals surface area contributed by atoms with Crippen LogP contribution in [-0.4, -0.2) is 20.0 Å². The van der Waals surface area contributed by atoms with Gasteiger partial charge in [0.2, 0.25) is 5.95 Å². The van der Waals surface area contributed by atoms with Gasteiger partial charge in [-0.25, -0.2) is 9.67 Å². The first kappa shape index (κ1) is 12.9. The molecule has 3 aromatic rings. The molecule has 0 atom stereocenters. The molecule has 2 aromatic heterocycles. The van der Waals surface area contributed by atoms with Gasteiger partial charge >= 0.3 is 0 Å². The van der Waals surface area contributed by atoms with Gasteiger partial charge < -0.3 is 0 Å². The van der Waals surface area contributed by atoms with Gasteiger partial charge in [0.25, 0.3) is 0 Å². The first-order valence-electron chi connectivity index (χ1n) is 6.23. The first-order chi connectivity index (χ1) is 10.2. The Morgan fingerprint density at radius 2 is 2.00 bits per heavy atom. The van der Waals surface area contributed by atoms with E-state index in [1.807, 2.05) is 13.0 Å². The van der Waals surface area contributed by atoms with Crippen molar-refractivity contribution in [2.75, 3.05) is 0 Å². The van der Waals surface area contributed by atoms with Gasteiger partial charge in [0.15, 0.2) is 0 Å². The summed E-state index contributed by atoms with van der Waals surface area (Å²) in [7, 11) is 0. The van der Waals surface area contributed by atoms with Crippen molar-refractivity contribution in [3.8, 4) is 23.0 Å². The fourth-order valence-electron chi connectivity index (χ4n) is 1.93. The number of hydrogen-bond acceptors (Lipinski definition) is 4. The van der Waals surface area contributed by atoms with Crippen molar-refractivity contribution in [2.45, 2.75) is 6.92 Å². The number of aromatic nitrogens is 4. The van der Waals surface area contributed by atoms with E-state index in [9.17, 15) is 4.39 Å². The zero-order chi connectivity index (χ0) is 14.8. The maximum Gasteiger partial charge on any atom is 0.222 e. The van der Waals surface area contributed by atoms with E-state index >= 15 is 0 Å².